The Kier molecular flexibility index (Phi) is 4.24. The van der Waals surface area contributed by atoms with Gasteiger partial charge in [-0.1, -0.05) is 12.1 Å². The van der Waals surface area contributed by atoms with Gasteiger partial charge in [0.15, 0.2) is 0 Å². The van der Waals surface area contributed by atoms with E-state index in [9.17, 15) is 0 Å². The molecule has 0 atom stereocenters. The first-order valence-corrected chi connectivity index (χ1v) is 9.84. The first-order chi connectivity index (χ1) is 13.7. The average molecular weight is 370 g/mol. The van der Waals surface area contributed by atoms with Gasteiger partial charge in [0.2, 0.25) is 0 Å². The molecule has 2 aromatic heterocycles. The van der Waals surface area contributed by atoms with E-state index in [4.69, 9.17) is 0 Å². The molecule has 1 fully saturated rings. The second-order valence-electron chi connectivity index (χ2n) is 7.76. The van der Waals surface area contributed by atoms with Gasteiger partial charge < -0.3 is 14.8 Å². The van der Waals surface area contributed by atoms with Crippen molar-refractivity contribution in [2.24, 2.45) is 0 Å². The highest BCUT2D eigenvalue weighted by Crippen LogP contribution is 2.32. The van der Waals surface area contributed by atoms with Crippen molar-refractivity contribution in [1.82, 2.24) is 19.9 Å². The molecule has 4 aromatic rings. The van der Waals surface area contributed by atoms with Crippen LogP contribution in [0, 0.1) is 6.07 Å². The SMILES string of the molecule is CN1CCC(N(C)c2[c]cnc3ccc(-c4ccc5[nH]cnc5c4)cc23)CC1. The number of fused-ring (bicyclic) bond motifs is 2. The van der Waals surface area contributed by atoms with Crippen molar-refractivity contribution in [3.63, 3.8) is 0 Å². The van der Waals surface area contributed by atoms with Crippen LogP contribution in [0.15, 0.2) is 48.9 Å². The van der Waals surface area contributed by atoms with E-state index in [1.165, 1.54) is 24.0 Å². The van der Waals surface area contributed by atoms with Gasteiger partial charge in [-0.3, -0.25) is 4.98 Å². The fourth-order valence-corrected chi connectivity index (χ4v) is 4.23. The number of aromatic amines is 1. The summed E-state index contributed by atoms with van der Waals surface area (Å²) < 4.78 is 0. The number of H-pyrrole nitrogens is 1. The van der Waals surface area contributed by atoms with Crippen LogP contribution < -0.4 is 4.90 Å². The zero-order valence-corrected chi connectivity index (χ0v) is 16.3. The number of benzene rings is 2. The number of aromatic nitrogens is 3. The highest BCUT2D eigenvalue weighted by Gasteiger charge is 2.22. The highest BCUT2D eigenvalue weighted by molar-refractivity contribution is 5.95. The van der Waals surface area contributed by atoms with Gasteiger partial charge in [-0.2, -0.15) is 0 Å². The summed E-state index contributed by atoms with van der Waals surface area (Å²) in [6.45, 7) is 2.29. The number of nitrogens with zero attached hydrogens (tertiary/aromatic N) is 4. The molecule has 1 aliphatic heterocycles. The molecular weight excluding hydrogens is 346 g/mol. The number of likely N-dealkylation sites (tertiary alicyclic amines) is 1. The van der Waals surface area contributed by atoms with Crippen molar-refractivity contribution in [3.05, 3.63) is 55.0 Å². The second kappa shape index (κ2) is 6.91. The predicted molar refractivity (Wildman–Crippen MR) is 115 cm³/mol. The minimum Gasteiger partial charge on any atom is -0.370 e. The van der Waals surface area contributed by atoms with Crippen LogP contribution in [0.1, 0.15) is 12.8 Å². The Morgan fingerprint density at radius 1 is 1.04 bits per heavy atom. The predicted octanol–water partition coefficient (Wildman–Crippen LogP) is 4.11. The fraction of sp³-hybridized carbons (Fsp3) is 0.304. The molecule has 3 heterocycles. The van der Waals surface area contributed by atoms with Crippen molar-refractivity contribution in [3.8, 4) is 11.1 Å². The van der Waals surface area contributed by atoms with Gasteiger partial charge in [0, 0.05) is 30.7 Å². The number of hydrogen-bond acceptors (Lipinski definition) is 4. The quantitative estimate of drug-likeness (QED) is 0.590. The summed E-state index contributed by atoms with van der Waals surface area (Å²) in [7, 11) is 4.40. The van der Waals surface area contributed by atoms with Crippen LogP contribution in [0.3, 0.4) is 0 Å². The van der Waals surface area contributed by atoms with Crippen LogP contribution in [-0.2, 0) is 0 Å². The Morgan fingerprint density at radius 2 is 1.82 bits per heavy atom. The minimum absolute atomic E-state index is 0.544. The monoisotopic (exact) mass is 370 g/mol. The molecule has 0 spiro atoms. The Labute approximate surface area is 165 Å². The molecule has 0 amide bonds. The van der Waals surface area contributed by atoms with Crippen LogP contribution in [-0.4, -0.2) is 53.1 Å². The number of piperidine rings is 1. The molecule has 1 aliphatic rings. The van der Waals surface area contributed by atoms with Gasteiger partial charge in [0.25, 0.3) is 0 Å². The summed E-state index contributed by atoms with van der Waals surface area (Å²) in [6, 6.07) is 16.8. The smallest absolute Gasteiger partial charge is 0.0931 e. The lowest BCUT2D eigenvalue weighted by atomic mass is 10.00. The summed E-state index contributed by atoms with van der Waals surface area (Å²) in [4.78, 5) is 16.9. The molecule has 2 aromatic carbocycles. The van der Waals surface area contributed by atoms with Crippen LogP contribution >= 0.6 is 0 Å². The topological polar surface area (TPSA) is 48.0 Å². The summed E-state index contributed by atoms with van der Waals surface area (Å²) >= 11 is 0. The van der Waals surface area contributed by atoms with Gasteiger partial charge in [0.05, 0.1) is 28.6 Å². The van der Waals surface area contributed by atoms with Crippen molar-refractivity contribution in [2.75, 3.05) is 32.1 Å². The number of nitrogens with one attached hydrogen (secondary N) is 1. The van der Waals surface area contributed by atoms with E-state index < -0.39 is 0 Å². The van der Waals surface area contributed by atoms with Crippen LogP contribution in [0.25, 0.3) is 33.1 Å². The fourth-order valence-electron chi connectivity index (χ4n) is 4.23. The maximum atomic E-state index is 4.55. The number of hydrogen-bond donors (Lipinski definition) is 1. The van der Waals surface area contributed by atoms with Gasteiger partial charge in [-0.15, -0.1) is 0 Å². The first kappa shape index (κ1) is 17.2. The number of rotatable bonds is 3. The molecule has 0 aliphatic carbocycles. The summed E-state index contributed by atoms with van der Waals surface area (Å²) in [5.41, 5.74) is 6.54. The zero-order valence-electron chi connectivity index (χ0n) is 16.3. The van der Waals surface area contributed by atoms with Crippen LogP contribution in [0.5, 0.6) is 0 Å². The van der Waals surface area contributed by atoms with E-state index in [1.54, 1.807) is 12.5 Å². The molecule has 5 nitrogen and oxygen atoms in total. The molecule has 0 bridgehead atoms. The largest absolute Gasteiger partial charge is 0.370 e. The first-order valence-electron chi connectivity index (χ1n) is 9.84. The Balaban J connectivity index is 1.55. The number of pyridine rings is 1. The van der Waals surface area contributed by atoms with Gasteiger partial charge in [0.1, 0.15) is 0 Å². The van der Waals surface area contributed by atoms with Gasteiger partial charge >= 0.3 is 0 Å². The molecule has 141 valence electrons. The molecule has 5 heteroatoms. The molecule has 1 saturated heterocycles. The Hall–Kier alpha value is -2.92. The Bertz CT molecular complexity index is 1120. The molecule has 0 unspecified atom stereocenters. The van der Waals surface area contributed by atoms with Crippen molar-refractivity contribution < 1.29 is 0 Å². The van der Waals surface area contributed by atoms with E-state index in [1.807, 2.05) is 0 Å². The maximum absolute atomic E-state index is 4.55. The lowest BCUT2D eigenvalue weighted by Crippen LogP contribution is -2.42. The molecule has 5 rings (SSSR count). The van der Waals surface area contributed by atoms with Gasteiger partial charge in [-0.05, 0) is 68.4 Å². The van der Waals surface area contributed by atoms with E-state index in [0.29, 0.717) is 6.04 Å². The zero-order chi connectivity index (χ0) is 19.1. The van der Waals surface area contributed by atoms with E-state index in [2.05, 4.69) is 81.3 Å². The summed E-state index contributed by atoms with van der Waals surface area (Å²) in [6.07, 6.45) is 5.90. The molecule has 1 radical (unpaired) electrons. The summed E-state index contributed by atoms with van der Waals surface area (Å²) in [5, 5.41) is 1.16. The third-order valence-corrected chi connectivity index (χ3v) is 6.00. The molecular formula is C23H24N5. The highest BCUT2D eigenvalue weighted by atomic mass is 15.2. The average Bonchev–Trinajstić information content (AvgIpc) is 3.21. The lowest BCUT2D eigenvalue weighted by Gasteiger charge is -2.36. The minimum atomic E-state index is 0.544. The normalized spacial score (nSPS) is 16.1. The van der Waals surface area contributed by atoms with E-state index >= 15 is 0 Å². The number of anilines is 1. The summed E-state index contributed by atoms with van der Waals surface area (Å²) in [5.74, 6) is 0. The van der Waals surface area contributed by atoms with Gasteiger partial charge in [-0.25, -0.2) is 4.98 Å². The standard InChI is InChI=1S/C23H24N5/c1-27-11-8-18(9-12-27)28(2)23-7-10-24-20-5-3-16(13-19(20)23)17-4-6-21-22(14-17)26-15-25-21/h3-6,10,13-15,18H,8-9,11-12H2,1-2H3,(H,25,26). The maximum Gasteiger partial charge on any atom is 0.0931 e. The molecule has 0 saturated carbocycles. The van der Waals surface area contributed by atoms with Crippen LogP contribution in [0.4, 0.5) is 5.69 Å². The van der Waals surface area contributed by atoms with Crippen molar-refractivity contribution in [2.45, 2.75) is 18.9 Å². The number of imidazole rings is 1. The second-order valence-corrected chi connectivity index (χ2v) is 7.76. The lowest BCUT2D eigenvalue weighted by molar-refractivity contribution is 0.253. The molecule has 28 heavy (non-hydrogen) atoms. The Morgan fingerprint density at radius 3 is 2.68 bits per heavy atom. The van der Waals surface area contributed by atoms with Crippen molar-refractivity contribution >= 4 is 27.6 Å². The third kappa shape index (κ3) is 3.02. The van der Waals surface area contributed by atoms with Crippen molar-refractivity contribution in [1.29, 1.82) is 0 Å². The van der Waals surface area contributed by atoms with E-state index in [-0.39, 0.29) is 0 Å². The van der Waals surface area contributed by atoms with Crippen LogP contribution in [0.2, 0.25) is 0 Å². The van der Waals surface area contributed by atoms with E-state index in [0.717, 1.165) is 40.7 Å². The third-order valence-electron chi connectivity index (χ3n) is 6.00. The molecule has 1 N–H and O–H groups in total.